The Bertz CT molecular complexity index is 650. The SMILES string of the molecule is CCOP(=O)(OCC)C1=C(O)CN(Cc2ccc(Cl)cc2)C1=N. The predicted octanol–water partition coefficient (Wildman–Crippen LogP) is 4.17. The minimum Gasteiger partial charge on any atom is -0.509 e. The van der Waals surface area contributed by atoms with Gasteiger partial charge in [0.2, 0.25) is 0 Å². The molecule has 0 bridgehead atoms. The summed E-state index contributed by atoms with van der Waals surface area (Å²) in [6.07, 6.45) is 0. The van der Waals surface area contributed by atoms with Gasteiger partial charge in [-0.2, -0.15) is 0 Å². The van der Waals surface area contributed by atoms with Gasteiger partial charge in [0.25, 0.3) is 0 Å². The van der Waals surface area contributed by atoms with Crippen molar-refractivity contribution in [1.29, 1.82) is 5.41 Å². The molecule has 1 aliphatic heterocycles. The standard InChI is InChI=1S/C15H20ClN2O4P/c1-3-21-23(20,22-4-2)14-13(19)10-18(15(14)17)9-11-5-7-12(16)8-6-11/h5-8,17,19H,3-4,9-10H2,1-2H3. The van der Waals surface area contributed by atoms with E-state index in [1.807, 2.05) is 12.1 Å². The van der Waals surface area contributed by atoms with Gasteiger partial charge >= 0.3 is 7.60 Å². The third-order valence-electron chi connectivity index (χ3n) is 3.31. The van der Waals surface area contributed by atoms with Crippen LogP contribution in [0.5, 0.6) is 0 Å². The van der Waals surface area contributed by atoms with Gasteiger partial charge in [0, 0.05) is 11.6 Å². The normalized spacial score (nSPS) is 15.6. The number of rotatable bonds is 7. The quantitative estimate of drug-likeness (QED) is 0.715. The summed E-state index contributed by atoms with van der Waals surface area (Å²) in [7, 11) is -3.69. The minimum atomic E-state index is -3.69. The molecule has 2 rings (SSSR count). The monoisotopic (exact) mass is 358 g/mol. The highest BCUT2D eigenvalue weighted by atomic mass is 35.5. The van der Waals surface area contributed by atoms with Crippen LogP contribution in [0.2, 0.25) is 5.02 Å². The molecule has 0 atom stereocenters. The van der Waals surface area contributed by atoms with E-state index in [1.165, 1.54) is 0 Å². The summed E-state index contributed by atoms with van der Waals surface area (Å²) < 4.78 is 23.3. The molecule has 0 unspecified atom stereocenters. The highest BCUT2D eigenvalue weighted by Gasteiger charge is 2.42. The third kappa shape index (κ3) is 3.96. The predicted molar refractivity (Wildman–Crippen MR) is 90.1 cm³/mol. The molecule has 8 heteroatoms. The Morgan fingerprint density at radius 3 is 2.35 bits per heavy atom. The molecule has 2 N–H and O–H groups in total. The van der Waals surface area contributed by atoms with Gasteiger partial charge in [-0.25, -0.2) is 0 Å². The Kier molecular flexibility index (Phi) is 5.87. The molecule has 0 fully saturated rings. The van der Waals surface area contributed by atoms with Gasteiger partial charge in [-0.15, -0.1) is 0 Å². The number of aliphatic hydroxyl groups is 1. The summed E-state index contributed by atoms with van der Waals surface area (Å²) in [5.74, 6) is -0.183. The summed E-state index contributed by atoms with van der Waals surface area (Å²) in [4.78, 5) is 1.61. The Balaban J connectivity index is 2.20. The van der Waals surface area contributed by atoms with Crippen molar-refractivity contribution in [2.75, 3.05) is 19.8 Å². The molecular formula is C15H20ClN2O4P. The maximum absolute atomic E-state index is 12.8. The first-order valence-electron chi connectivity index (χ1n) is 7.31. The number of aliphatic hydroxyl groups excluding tert-OH is 1. The van der Waals surface area contributed by atoms with Crippen LogP contribution in [0.15, 0.2) is 35.3 Å². The lowest BCUT2D eigenvalue weighted by Gasteiger charge is -2.22. The molecule has 6 nitrogen and oxygen atoms in total. The van der Waals surface area contributed by atoms with Crippen molar-refractivity contribution in [2.24, 2.45) is 0 Å². The van der Waals surface area contributed by atoms with Crippen molar-refractivity contribution in [3.05, 3.63) is 45.9 Å². The van der Waals surface area contributed by atoms with Crippen LogP contribution in [0.25, 0.3) is 0 Å². The van der Waals surface area contributed by atoms with E-state index < -0.39 is 7.60 Å². The summed E-state index contributed by atoms with van der Waals surface area (Å²) in [5, 5.41) is 19.0. The Hall–Kier alpha value is -1.33. The lowest BCUT2D eigenvalue weighted by molar-refractivity contribution is 0.226. The second-order valence-electron chi connectivity index (χ2n) is 4.96. The van der Waals surface area contributed by atoms with Gasteiger partial charge in [-0.3, -0.25) is 9.97 Å². The van der Waals surface area contributed by atoms with Crippen LogP contribution in [0.3, 0.4) is 0 Å². The second-order valence-corrected chi connectivity index (χ2v) is 7.35. The largest absolute Gasteiger partial charge is 0.509 e. The molecule has 1 aliphatic rings. The number of amidine groups is 1. The summed E-state index contributed by atoms with van der Waals surface area (Å²) in [6.45, 7) is 4.19. The van der Waals surface area contributed by atoms with E-state index in [9.17, 15) is 9.67 Å². The Morgan fingerprint density at radius 1 is 1.26 bits per heavy atom. The zero-order valence-corrected chi connectivity index (χ0v) is 14.7. The van der Waals surface area contributed by atoms with E-state index >= 15 is 0 Å². The average Bonchev–Trinajstić information content (AvgIpc) is 2.77. The van der Waals surface area contributed by atoms with Crippen LogP contribution >= 0.6 is 19.2 Å². The first kappa shape index (κ1) is 18.0. The fourth-order valence-corrected chi connectivity index (χ4v) is 4.29. The van der Waals surface area contributed by atoms with Crippen LogP contribution < -0.4 is 0 Å². The van der Waals surface area contributed by atoms with E-state index in [0.29, 0.717) is 11.6 Å². The van der Waals surface area contributed by atoms with E-state index in [0.717, 1.165) is 5.56 Å². The summed E-state index contributed by atoms with van der Waals surface area (Å²) in [5.41, 5.74) is 0.927. The van der Waals surface area contributed by atoms with E-state index in [4.69, 9.17) is 26.1 Å². The lowest BCUT2D eigenvalue weighted by atomic mass is 10.2. The molecule has 1 aromatic carbocycles. The van der Waals surface area contributed by atoms with Gasteiger partial charge in [0.1, 0.15) is 16.9 Å². The topological polar surface area (TPSA) is 82.9 Å². The van der Waals surface area contributed by atoms with E-state index in [1.54, 1.807) is 30.9 Å². The molecule has 0 aromatic heterocycles. The molecule has 126 valence electrons. The van der Waals surface area contributed by atoms with Gasteiger partial charge in [-0.1, -0.05) is 23.7 Å². The van der Waals surface area contributed by atoms with Gasteiger partial charge < -0.3 is 19.1 Å². The highest BCUT2D eigenvalue weighted by Crippen LogP contribution is 2.58. The molecule has 0 saturated carbocycles. The Labute approximate surface area is 140 Å². The van der Waals surface area contributed by atoms with Crippen molar-refractivity contribution >= 4 is 25.0 Å². The summed E-state index contributed by atoms with van der Waals surface area (Å²) in [6, 6.07) is 7.21. The summed E-state index contributed by atoms with van der Waals surface area (Å²) >= 11 is 5.86. The van der Waals surface area contributed by atoms with Crippen molar-refractivity contribution in [3.63, 3.8) is 0 Å². The molecule has 0 radical (unpaired) electrons. The highest BCUT2D eigenvalue weighted by molar-refractivity contribution is 7.60. The lowest BCUT2D eigenvalue weighted by Crippen LogP contribution is -2.26. The van der Waals surface area contributed by atoms with Crippen LogP contribution in [0.4, 0.5) is 0 Å². The number of nitrogens with zero attached hydrogens (tertiary/aromatic N) is 1. The molecule has 1 aromatic rings. The molecule has 23 heavy (non-hydrogen) atoms. The molecule has 0 amide bonds. The second kappa shape index (κ2) is 7.49. The van der Waals surface area contributed by atoms with E-state index in [2.05, 4.69) is 0 Å². The number of hydrogen-bond acceptors (Lipinski definition) is 5. The van der Waals surface area contributed by atoms with Crippen molar-refractivity contribution in [3.8, 4) is 0 Å². The minimum absolute atomic E-state index is 0.0392. The molecule has 0 spiro atoms. The van der Waals surface area contributed by atoms with Crippen molar-refractivity contribution in [1.82, 2.24) is 4.90 Å². The first-order valence-corrected chi connectivity index (χ1v) is 9.23. The van der Waals surface area contributed by atoms with Crippen molar-refractivity contribution < 1.29 is 18.7 Å². The molecule has 0 saturated heterocycles. The zero-order valence-electron chi connectivity index (χ0n) is 13.1. The number of nitrogens with one attached hydrogen (secondary N) is 1. The zero-order chi connectivity index (χ0) is 17.0. The third-order valence-corrected chi connectivity index (χ3v) is 5.78. The maximum Gasteiger partial charge on any atom is 0.368 e. The first-order chi connectivity index (χ1) is 10.9. The molecule has 0 aliphatic carbocycles. The number of hydrogen-bond donors (Lipinski definition) is 2. The molecule has 1 heterocycles. The maximum atomic E-state index is 12.8. The smallest absolute Gasteiger partial charge is 0.368 e. The number of benzene rings is 1. The molecular weight excluding hydrogens is 339 g/mol. The number of halogens is 1. The van der Waals surface area contributed by atoms with Crippen LogP contribution in [-0.4, -0.2) is 35.6 Å². The fourth-order valence-electron chi connectivity index (χ4n) is 2.36. The van der Waals surface area contributed by atoms with Crippen LogP contribution in [0.1, 0.15) is 19.4 Å². The van der Waals surface area contributed by atoms with Crippen molar-refractivity contribution in [2.45, 2.75) is 20.4 Å². The van der Waals surface area contributed by atoms with Gasteiger partial charge in [0.05, 0.1) is 19.8 Å². The fraction of sp³-hybridized carbons (Fsp3) is 0.400. The van der Waals surface area contributed by atoms with E-state index in [-0.39, 0.29) is 36.7 Å². The van der Waals surface area contributed by atoms with Gasteiger partial charge in [-0.05, 0) is 31.5 Å². The average molecular weight is 359 g/mol. The van der Waals surface area contributed by atoms with Crippen LogP contribution in [0, 0.1) is 5.41 Å². The Morgan fingerprint density at radius 2 is 1.83 bits per heavy atom. The van der Waals surface area contributed by atoms with Crippen LogP contribution in [-0.2, 0) is 20.2 Å². The van der Waals surface area contributed by atoms with Gasteiger partial charge in [0.15, 0.2) is 0 Å².